The number of nitrogens with one attached hydrogen (secondary N) is 1. The predicted octanol–water partition coefficient (Wildman–Crippen LogP) is 3.15. The fourth-order valence-corrected chi connectivity index (χ4v) is 1.60. The second-order valence-electron chi connectivity index (χ2n) is 4.22. The molecule has 0 radical (unpaired) electrons. The number of hydrogen-bond donors (Lipinski definition) is 2. The van der Waals surface area contributed by atoms with Crippen molar-refractivity contribution in [2.24, 2.45) is 0 Å². The summed E-state index contributed by atoms with van der Waals surface area (Å²) in [5.74, 6) is 0. The maximum Gasteiger partial charge on any atom is 0.400 e. The second-order valence-corrected chi connectivity index (χ2v) is 5.71. The van der Waals surface area contributed by atoms with Crippen LogP contribution in [0.15, 0.2) is 0 Å². The molecule has 0 aliphatic rings. The SMILES string of the molecule is CNC.O=S(=O)(O)C(F)(F)C(F)CCCCCC(F)(F)F. The van der Waals surface area contributed by atoms with Crippen molar-refractivity contribution in [1.82, 2.24) is 5.32 Å². The minimum absolute atomic E-state index is 0.165. The second kappa shape index (κ2) is 9.46. The summed E-state index contributed by atoms with van der Waals surface area (Å²) in [6, 6.07) is 0. The van der Waals surface area contributed by atoms with Gasteiger partial charge in [-0.1, -0.05) is 12.8 Å². The van der Waals surface area contributed by atoms with E-state index >= 15 is 0 Å². The summed E-state index contributed by atoms with van der Waals surface area (Å²) in [5, 5.41) is -2.18. The molecule has 0 bridgehead atoms. The molecule has 130 valence electrons. The topological polar surface area (TPSA) is 66.4 Å². The molecular weight excluding hydrogens is 328 g/mol. The lowest BCUT2D eigenvalue weighted by molar-refractivity contribution is -0.135. The van der Waals surface area contributed by atoms with Crippen LogP contribution in [0.5, 0.6) is 0 Å². The highest BCUT2D eigenvalue weighted by atomic mass is 32.2. The van der Waals surface area contributed by atoms with E-state index in [2.05, 4.69) is 5.32 Å². The largest absolute Gasteiger partial charge is 0.400 e. The van der Waals surface area contributed by atoms with Crippen molar-refractivity contribution in [2.75, 3.05) is 14.1 Å². The van der Waals surface area contributed by atoms with Crippen molar-refractivity contribution >= 4 is 10.1 Å². The lowest BCUT2D eigenvalue weighted by atomic mass is 10.1. The van der Waals surface area contributed by atoms with Crippen LogP contribution in [0.2, 0.25) is 0 Å². The summed E-state index contributed by atoms with van der Waals surface area (Å²) in [6.07, 6.45) is -10.4. The molecule has 0 amide bonds. The van der Waals surface area contributed by atoms with Gasteiger partial charge in [0.25, 0.3) is 0 Å². The number of rotatable bonds is 7. The van der Waals surface area contributed by atoms with Crippen LogP contribution in [0.3, 0.4) is 0 Å². The molecule has 11 heteroatoms. The third kappa shape index (κ3) is 10.8. The minimum Gasteiger partial charge on any atom is -0.323 e. The zero-order chi connectivity index (χ0) is 17.3. The number of halogens is 6. The van der Waals surface area contributed by atoms with Crippen molar-refractivity contribution in [3.05, 3.63) is 0 Å². The van der Waals surface area contributed by atoms with Crippen LogP contribution >= 0.6 is 0 Å². The molecule has 1 atom stereocenters. The van der Waals surface area contributed by atoms with E-state index in [1.165, 1.54) is 0 Å². The summed E-state index contributed by atoms with van der Waals surface area (Å²) in [7, 11) is -2.11. The van der Waals surface area contributed by atoms with E-state index in [1.807, 2.05) is 14.1 Å². The Bertz CT molecular complexity index is 371. The first-order chi connectivity index (χ1) is 9.29. The zero-order valence-corrected chi connectivity index (χ0v) is 12.4. The molecule has 1 unspecified atom stereocenters. The van der Waals surface area contributed by atoms with Crippen molar-refractivity contribution in [3.63, 3.8) is 0 Å². The molecule has 0 aromatic carbocycles. The Morgan fingerprint density at radius 3 is 1.81 bits per heavy atom. The van der Waals surface area contributed by atoms with Gasteiger partial charge < -0.3 is 5.32 Å². The highest BCUT2D eigenvalue weighted by Gasteiger charge is 2.52. The maximum absolute atomic E-state index is 12.8. The van der Waals surface area contributed by atoms with Gasteiger partial charge in [-0.05, 0) is 26.9 Å². The first-order valence-electron chi connectivity index (χ1n) is 5.93. The molecule has 2 N–H and O–H groups in total. The van der Waals surface area contributed by atoms with E-state index in [-0.39, 0.29) is 19.3 Å². The maximum atomic E-state index is 12.8. The van der Waals surface area contributed by atoms with Gasteiger partial charge in [-0.25, -0.2) is 4.39 Å². The highest BCUT2D eigenvalue weighted by Crippen LogP contribution is 2.31. The van der Waals surface area contributed by atoms with E-state index in [1.54, 1.807) is 0 Å². The fourth-order valence-electron chi connectivity index (χ4n) is 1.16. The molecule has 0 aliphatic heterocycles. The van der Waals surface area contributed by atoms with Gasteiger partial charge in [0, 0.05) is 6.42 Å². The van der Waals surface area contributed by atoms with Gasteiger partial charge >= 0.3 is 21.5 Å². The minimum atomic E-state index is -5.86. The van der Waals surface area contributed by atoms with Gasteiger partial charge in [-0.2, -0.15) is 30.4 Å². The molecule has 0 aromatic rings. The molecule has 0 saturated carbocycles. The first kappa shape index (κ1) is 22.7. The summed E-state index contributed by atoms with van der Waals surface area (Å²) >= 11 is 0. The quantitative estimate of drug-likeness (QED) is 0.422. The predicted molar refractivity (Wildman–Crippen MR) is 65.5 cm³/mol. The smallest absolute Gasteiger partial charge is 0.323 e. The lowest BCUT2D eigenvalue weighted by Crippen LogP contribution is -2.38. The van der Waals surface area contributed by atoms with Crippen LogP contribution in [0.4, 0.5) is 26.3 Å². The third-order valence-corrected chi connectivity index (χ3v) is 3.07. The summed E-state index contributed by atoms with van der Waals surface area (Å²) in [5.41, 5.74) is 0. The molecule has 0 rings (SSSR count). The van der Waals surface area contributed by atoms with Crippen LogP contribution in [0.25, 0.3) is 0 Å². The van der Waals surface area contributed by atoms with Crippen molar-refractivity contribution < 1.29 is 39.3 Å². The summed E-state index contributed by atoms with van der Waals surface area (Å²) in [4.78, 5) is 0. The molecular formula is C10H19F6NO3S. The van der Waals surface area contributed by atoms with Gasteiger partial charge in [0.1, 0.15) is 0 Å². The molecule has 21 heavy (non-hydrogen) atoms. The van der Waals surface area contributed by atoms with E-state index < -0.39 is 40.6 Å². The summed E-state index contributed by atoms with van der Waals surface area (Å²) < 4.78 is 101. The van der Waals surface area contributed by atoms with Crippen LogP contribution < -0.4 is 5.32 Å². The third-order valence-electron chi connectivity index (χ3n) is 2.13. The highest BCUT2D eigenvalue weighted by molar-refractivity contribution is 7.86. The fraction of sp³-hybridized carbons (Fsp3) is 1.00. The lowest BCUT2D eigenvalue weighted by Gasteiger charge is -2.17. The van der Waals surface area contributed by atoms with Crippen LogP contribution in [-0.2, 0) is 10.1 Å². The Labute approximate surface area is 119 Å². The Balaban J connectivity index is 0. The van der Waals surface area contributed by atoms with E-state index in [9.17, 15) is 34.8 Å². The van der Waals surface area contributed by atoms with Crippen LogP contribution in [0, 0.1) is 0 Å². The molecule has 0 fully saturated rings. The normalized spacial score (nSPS) is 14.3. The van der Waals surface area contributed by atoms with Crippen LogP contribution in [0.1, 0.15) is 32.1 Å². The number of hydrogen-bond acceptors (Lipinski definition) is 3. The van der Waals surface area contributed by atoms with Gasteiger partial charge in [0.05, 0.1) is 0 Å². The van der Waals surface area contributed by atoms with Crippen LogP contribution in [-0.4, -0.2) is 44.7 Å². The Morgan fingerprint density at radius 1 is 1.05 bits per heavy atom. The average Bonchev–Trinajstić information content (AvgIpc) is 2.26. The van der Waals surface area contributed by atoms with Crippen molar-refractivity contribution in [1.29, 1.82) is 0 Å². The number of alkyl halides is 6. The molecule has 0 saturated heterocycles. The average molecular weight is 347 g/mol. The van der Waals surface area contributed by atoms with E-state index in [0.717, 1.165) is 0 Å². The Hall–Kier alpha value is -0.550. The monoisotopic (exact) mass is 347 g/mol. The molecule has 4 nitrogen and oxygen atoms in total. The summed E-state index contributed by atoms with van der Waals surface area (Å²) in [6.45, 7) is 0. The molecule has 0 aromatic heterocycles. The van der Waals surface area contributed by atoms with Gasteiger partial charge in [0.15, 0.2) is 6.17 Å². The molecule has 0 heterocycles. The van der Waals surface area contributed by atoms with Crippen molar-refractivity contribution in [2.45, 2.75) is 49.7 Å². The molecule has 0 spiro atoms. The number of unbranched alkanes of at least 4 members (excludes halogenated alkanes) is 2. The van der Waals surface area contributed by atoms with Gasteiger partial charge in [0.2, 0.25) is 0 Å². The first-order valence-corrected chi connectivity index (χ1v) is 7.37. The zero-order valence-electron chi connectivity index (χ0n) is 11.6. The van der Waals surface area contributed by atoms with Gasteiger partial charge in [-0.15, -0.1) is 0 Å². The Morgan fingerprint density at radius 2 is 1.48 bits per heavy atom. The molecule has 0 aliphatic carbocycles. The Kier molecular flexibility index (Phi) is 10.2. The van der Waals surface area contributed by atoms with Crippen molar-refractivity contribution in [3.8, 4) is 0 Å². The van der Waals surface area contributed by atoms with E-state index in [4.69, 9.17) is 4.55 Å². The standard InChI is InChI=1S/C8H12F6O3S.C2H7N/c9-6(8(13,14)18(15,16)17)4-2-1-3-5-7(10,11)12;1-3-2/h6H,1-5H2,(H,15,16,17);3H,1-2H3. The van der Waals surface area contributed by atoms with Gasteiger partial charge in [-0.3, -0.25) is 4.55 Å². The van der Waals surface area contributed by atoms with E-state index in [0.29, 0.717) is 0 Å².